The lowest BCUT2D eigenvalue weighted by Crippen LogP contribution is -2.53. The molecule has 0 saturated carbocycles. The molecule has 1 atom stereocenters. The number of carbonyl (C=O) groups is 4. The molecule has 0 spiro atoms. The Bertz CT molecular complexity index is 983. The molecule has 9 heteroatoms. The van der Waals surface area contributed by atoms with Gasteiger partial charge in [-0.25, -0.2) is 4.79 Å². The van der Waals surface area contributed by atoms with E-state index in [4.69, 9.17) is 4.74 Å². The summed E-state index contributed by atoms with van der Waals surface area (Å²) in [5.74, 6) is -1.50. The number of amides is 3. The van der Waals surface area contributed by atoms with Gasteiger partial charge >= 0.3 is 12.0 Å². The average molecular weight is 413 g/mol. The summed E-state index contributed by atoms with van der Waals surface area (Å²) >= 11 is 1.21. The topological polar surface area (TPSA) is 105 Å². The number of hydrogen-bond donors (Lipinski definition) is 2. The van der Waals surface area contributed by atoms with E-state index in [2.05, 4.69) is 10.6 Å². The van der Waals surface area contributed by atoms with Gasteiger partial charge in [-0.05, 0) is 11.6 Å². The van der Waals surface area contributed by atoms with Crippen LogP contribution in [0, 0.1) is 0 Å². The Morgan fingerprint density at radius 3 is 2.62 bits per heavy atom. The zero-order chi connectivity index (χ0) is 21.0. The van der Waals surface area contributed by atoms with Crippen LogP contribution in [0.5, 0.6) is 5.06 Å². The number of esters is 1. The summed E-state index contributed by atoms with van der Waals surface area (Å²) in [6.07, 6.45) is 2.74. The van der Waals surface area contributed by atoms with Crippen LogP contribution in [0.2, 0.25) is 0 Å². The summed E-state index contributed by atoms with van der Waals surface area (Å²) in [6, 6.07) is 9.02. The first kappa shape index (κ1) is 20.3. The van der Waals surface area contributed by atoms with Crippen LogP contribution in [0.4, 0.5) is 10.5 Å². The van der Waals surface area contributed by atoms with E-state index in [1.807, 2.05) is 30.3 Å². The molecule has 1 aromatic carbocycles. The summed E-state index contributed by atoms with van der Waals surface area (Å²) < 4.78 is 5.33. The fourth-order valence-electron chi connectivity index (χ4n) is 2.56. The Morgan fingerprint density at radius 2 is 1.93 bits per heavy atom. The monoisotopic (exact) mass is 413 g/mol. The molecule has 150 valence electrons. The fraction of sp³-hybridized carbons (Fsp3) is 0.200. The minimum atomic E-state index is -1.31. The Hall–Kier alpha value is -3.46. The van der Waals surface area contributed by atoms with Gasteiger partial charge in [-0.3, -0.25) is 14.4 Å². The van der Waals surface area contributed by atoms with Gasteiger partial charge in [-0.2, -0.15) is 0 Å². The quantitative estimate of drug-likeness (QED) is 0.579. The zero-order valence-corrected chi connectivity index (χ0v) is 16.6. The highest BCUT2D eigenvalue weighted by molar-refractivity contribution is 7.18. The van der Waals surface area contributed by atoms with Crippen molar-refractivity contribution in [2.75, 3.05) is 12.4 Å². The van der Waals surface area contributed by atoms with Crippen LogP contribution in [0.15, 0.2) is 48.7 Å². The third kappa shape index (κ3) is 4.69. The first-order chi connectivity index (χ1) is 13.9. The van der Waals surface area contributed by atoms with E-state index in [0.717, 1.165) is 10.4 Å². The maximum atomic E-state index is 12.4. The predicted molar refractivity (Wildman–Crippen MR) is 109 cm³/mol. The number of thiophene rings is 1. The largest absolute Gasteiger partial charge is 0.413 e. The van der Waals surface area contributed by atoms with Gasteiger partial charge in [0.1, 0.15) is 0 Å². The van der Waals surface area contributed by atoms with Crippen LogP contribution in [0.3, 0.4) is 0 Å². The van der Waals surface area contributed by atoms with E-state index in [-0.39, 0.29) is 17.2 Å². The van der Waals surface area contributed by atoms with E-state index in [1.165, 1.54) is 35.6 Å². The Balaban J connectivity index is 1.81. The van der Waals surface area contributed by atoms with Crippen molar-refractivity contribution in [1.82, 2.24) is 10.2 Å². The summed E-state index contributed by atoms with van der Waals surface area (Å²) in [4.78, 5) is 50.2. The summed E-state index contributed by atoms with van der Waals surface area (Å²) in [5.41, 5.74) is 1.16. The molecule has 1 aromatic heterocycles. The van der Waals surface area contributed by atoms with Gasteiger partial charge in [0.2, 0.25) is 5.06 Å². The van der Waals surface area contributed by atoms with Gasteiger partial charge in [0.25, 0.3) is 5.91 Å². The molecule has 0 bridgehead atoms. The second kappa shape index (κ2) is 8.70. The van der Waals surface area contributed by atoms with Crippen molar-refractivity contribution >= 4 is 40.7 Å². The third-order valence-electron chi connectivity index (χ3n) is 4.12. The van der Waals surface area contributed by atoms with Crippen molar-refractivity contribution in [1.29, 1.82) is 0 Å². The molecule has 29 heavy (non-hydrogen) atoms. The lowest BCUT2D eigenvalue weighted by Gasteiger charge is -2.23. The molecule has 3 amide bonds. The van der Waals surface area contributed by atoms with Gasteiger partial charge in [0.05, 0.1) is 5.69 Å². The number of nitrogens with zero attached hydrogens (tertiary/aromatic N) is 1. The smallest absolute Gasteiger partial charge is 0.320 e. The minimum Gasteiger partial charge on any atom is -0.413 e. The van der Waals surface area contributed by atoms with Crippen molar-refractivity contribution in [3.05, 3.63) is 48.7 Å². The van der Waals surface area contributed by atoms with Crippen molar-refractivity contribution in [2.45, 2.75) is 19.4 Å². The van der Waals surface area contributed by atoms with Gasteiger partial charge in [-0.1, -0.05) is 48.6 Å². The van der Waals surface area contributed by atoms with E-state index in [1.54, 1.807) is 13.0 Å². The lowest BCUT2D eigenvalue weighted by molar-refractivity contribution is -0.135. The number of rotatable bonds is 5. The van der Waals surface area contributed by atoms with Crippen LogP contribution in [-0.4, -0.2) is 41.7 Å². The molecule has 2 heterocycles. The van der Waals surface area contributed by atoms with Crippen LogP contribution in [-0.2, 0) is 14.4 Å². The van der Waals surface area contributed by atoms with Crippen LogP contribution in [0.1, 0.15) is 13.3 Å². The maximum Gasteiger partial charge on any atom is 0.320 e. The number of ketones is 1. The first-order valence-electron chi connectivity index (χ1n) is 8.85. The second-order valence-corrected chi connectivity index (χ2v) is 7.22. The molecule has 1 aliphatic heterocycles. The molecule has 0 unspecified atom stereocenters. The number of anilines is 1. The minimum absolute atomic E-state index is 0.175. The van der Waals surface area contributed by atoms with Gasteiger partial charge in [0, 0.05) is 30.6 Å². The van der Waals surface area contributed by atoms with E-state index in [9.17, 15) is 19.2 Å². The molecule has 2 N–H and O–H groups in total. The standard InChI is InChI=1S/C20H19N3O5S/c1-3-16(25)28-19-13(11-15(29-19)12-7-5-4-6-8-12)21-20(27)22-17-14(24)9-10-23(2)18(17)26/h4-11,17H,3H2,1-2H3,(H2,21,22,27)/t17-/m0/s1. The fourth-order valence-corrected chi connectivity index (χ4v) is 3.55. The average Bonchev–Trinajstić information content (AvgIpc) is 3.11. The van der Waals surface area contributed by atoms with Crippen LogP contribution < -0.4 is 15.4 Å². The Kier molecular flexibility index (Phi) is 6.08. The third-order valence-corrected chi connectivity index (χ3v) is 5.18. The number of urea groups is 1. The number of benzene rings is 1. The summed E-state index contributed by atoms with van der Waals surface area (Å²) in [6.45, 7) is 1.66. The SMILES string of the molecule is CCC(=O)Oc1sc(-c2ccccc2)cc1NC(=O)N[C@H]1C(=O)C=CN(C)C1=O. The van der Waals surface area contributed by atoms with Crippen molar-refractivity contribution in [3.8, 4) is 15.5 Å². The molecule has 3 rings (SSSR count). The zero-order valence-electron chi connectivity index (χ0n) is 15.8. The van der Waals surface area contributed by atoms with Crippen molar-refractivity contribution in [2.24, 2.45) is 0 Å². The Morgan fingerprint density at radius 1 is 1.21 bits per heavy atom. The summed E-state index contributed by atoms with van der Waals surface area (Å²) in [7, 11) is 1.49. The summed E-state index contributed by atoms with van der Waals surface area (Å²) in [5, 5.41) is 5.16. The molecule has 2 aromatic rings. The molecule has 0 fully saturated rings. The van der Waals surface area contributed by atoms with Crippen molar-refractivity contribution in [3.63, 3.8) is 0 Å². The number of nitrogens with one attached hydrogen (secondary N) is 2. The van der Waals surface area contributed by atoms with E-state index in [0.29, 0.717) is 0 Å². The van der Waals surface area contributed by atoms with Crippen molar-refractivity contribution < 1.29 is 23.9 Å². The molecular formula is C20H19N3O5S. The molecular weight excluding hydrogens is 394 g/mol. The van der Waals surface area contributed by atoms with Gasteiger partial charge < -0.3 is 20.3 Å². The van der Waals surface area contributed by atoms with E-state index >= 15 is 0 Å². The highest BCUT2D eigenvalue weighted by Crippen LogP contribution is 2.41. The van der Waals surface area contributed by atoms with Crippen LogP contribution in [0.25, 0.3) is 10.4 Å². The highest BCUT2D eigenvalue weighted by atomic mass is 32.1. The second-order valence-electron chi connectivity index (χ2n) is 6.20. The van der Waals surface area contributed by atoms with E-state index < -0.39 is 29.7 Å². The predicted octanol–water partition coefficient (Wildman–Crippen LogP) is 2.78. The lowest BCUT2D eigenvalue weighted by atomic mass is 10.1. The van der Waals surface area contributed by atoms with Gasteiger partial charge in [0.15, 0.2) is 11.8 Å². The molecule has 1 aliphatic rings. The number of likely N-dealkylation sites (N-methyl/N-ethyl adjacent to an activating group) is 1. The number of ether oxygens (including phenoxy) is 1. The maximum absolute atomic E-state index is 12.4. The molecule has 8 nitrogen and oxygen atoms in total. The number of hydrogen-bond acceptors (Lipinski definition) is 6. The van der Waals surface area contributed by atoms with Crippen LogP contribution >= 0.6 is 11.3 Å². The molecule has 0 radical (unpaired) electrons. The highest BCUT2D eigenvalue weighted by Gasteiger charge is 2.32. The number of carbonyl (C=O) groups excluding carboxylic acids is 4. The molecule has 0 saturated heterocycles. The normalized spacial score (nSPS) is 15.9. The first-order valence-corrected chi connectivity index (χ1v) is 9.67. The molecule has 0 aliphatic carbocycles. The Labute approximate surface area is 171 Å². The van der Waals surface area contributed by atoms with Gasteiger partial charge in [-0.15, -0.1) is 0 Å².